The highest BCUT2D eigenvalue weighted by Crippen LogP contribution is 2.36. The maximum Gasteiger partial charge on any atom is 0.434 e. The second-order valence-electron chi connectivity index (χ2n) is 4.88. The lowest BCUT2D eigenvalue weighted by Gasteiger charge is -2.12. The predicted molar refractivity (Wildman–Crippen MR) is 86.7 cm³/mol. The standard InChI is InChI=1S/C14H15Cl2N3O3/c1-7(2)18-13(20)11(12(17)19(18)14(21)22-3)10-8(15)5-4-6-9(10)16/h4-7H,17H2,1-3H3. The van der Waals surface area contributed by atoms with Gasteiger partial charge in [-0.25, -0.2) is 9.48 Å². The van der Waals surface area contributed by atoms with Gasteiger partial charge < -0.3 is 10.5 Å². The normalized spacial score (nSPS) is 11.0. The van der Waals surface area contributed by atoms with E-state index < -0.39 is 11.7 Å². The summed E-state index contributed by atoms with van der Waals surface area (Å²) in [4.78, 5) is 24.7. The van der Waals surface area contributed by atoms with Gasteiger partial charge in [-0.15, -0.1) is 0 Å². The van der Waals surface area contributed by atoms with Crippen molar-refractivity contribution in [2.45, 2.75) is 19.9 Å². The van der Waals surface area contributed by atoms with Crippen molar-refractivity contribution in [3.05, 3.63) is 38.6 Å². The quantitative estimate of drug-likeness (QED) is 0.906. The Morgan fingerprint density at radius 3 is 2.23 bits per heavy atom. The first-order valence-electron chi connectivity index (χ1n) is 6.46. The Balaban J connectivity index is 2.91. The molecule has 0 saturated heterocycles. The number of carbonyl (C=O) groups is 1. The molecule has 0 amide bonds. The molecular formula is C14H15Cl2N3O3. The molecule has 6 nitrogen and oxygen atoms in total. The van der Waals surface area contributed by atoms with Crippen LogP contribution in [-0.2, 0) is 4.74 Å². The first-order chi connectivity index (χ1) is 10.3. The fourth-order valence-corrected chi connectivity index (χ4v) is 2.83. The number of halogens is 2. The molecule has 22 heavy (non-hydrogen) atoms. The van der Waals surface area contributed by atoms with Gasteiger partial charge in [-0.1, -0.05) is 29.3 Å². The SMILES string of the molecule is COC(=O)n1c(N)c(-c2c(Cl)cccc2Cl)c(=O)n1C(C)C. The molecule has 0 radical (unpaired) electrons. The molecule has 0 unspecified atom stereocenters. The summed E-state index contributed by atoms with van der Waals surface area (Å²) in [5.74, 6) is -0.0689. The molecule has 0 saturated carbocycles. The number of hydrogen-bond acceptors (Lipinski definition) is 4. The number of nitrogens with two attached hydrogens (primary N) is 1. The van der Waals surface area contributed by atoms with Crippen molar-refractivity contribution in [2.24, 2.45) is 0 Å². The van der Waals surface area contributed by atoms with E-state index in [2.05, 4.69) is 0 Å². The van der Waals surface area contributed by atoms with E-state index >= 15 is 0 Å². The molecular weight excluding hydrogens is 329 g/mol. The molecule has 2 aromatic rings. The fourth-order valence-electron chi connectivity index (χ4n) is 2.25. The molecule has 0 aliphatic heterocycles. The number of aromatic nitrogens is 2. The molecule has 0 atom stereocenters. The number of rotatable bonds is 2. The zero-order valence-corrected chi connectivity index (χ0v) is 13.8. The van der Waals surface area contributed by atoms with Crippen molar-refractivity contribution in [3.63, 3.8) is 0 Å². The van der Waals surface area contributed by atoms with E-state index in [0.29, 0.717) is 5.56 Å². The summed E-state index contributed by atoms with van der Waals surface area (Å²) in [6.07, 6.45) is -0.766. The number of anilines is 1. The second-order valence-corrected chi connectivity index (χ2v) is 5.70. The summed E-state index contributed by atoms with van der Waals surface area (Å²) in [5.41, 5.74) is 5.92. The number of ether oxygens (including phenoxy) is 1. The first kappa shape index (κ1) is 16.5. The van der Waals surface area contributed by atoms with Crippen LogP contribution < -0.4 is 11.3 Å². The van der Waals surface area contributed by atoms with Gasteiger partial charge in [0, 0.05) is 11.6 Å². The Kier molecular flexibility index (Phi) is 4.53. The topological polar surface area (TPSA) is 79.2 Å². The number of hydrogen-bond donors (Lipinski definition) is 1. The summed E-state index contributed by atoms with van der Waals surface area (Å²) < 4.78 is 6.88. The zero-order valence-electron chi connectivity index (χ0n) is 12.3. The van der Waals surface area contributed by atoms with E-state index in [1.54, 1.807) is 32.0 Å². The summed E-state index contributed by atoms with van der Waals surface area (Å²) in [5, 5.41) is 0.545. The van der Waals surface area contributed by atoms with Crippen LogP contribution in [-0.4, -0.2) is 22.6 Å². The van der Waals surface area contributed by atoms with Crippen LogP contribution in [0.2, 0.25) is 10.0 Å². The maximum absolute atomic E-state index is 12.7. The van der Waals surface area contributed by atoms with Crippen LogP contribution in [0.25, 0.3) is 11.1 Å². The van der Waals surface area contributed by atoms with E-state index in [1.165, 1.54) is 11.8 Å². The molecule has 2 rings (SSSR count). The minimum absolute atomic E-state index is 0.0689. The lowest BCUT2D eigenvalue weighted by Crippen LogP contribution is -2.30. The summed E-state index contributed by atoms with van der Waals surface area (Å²) >= 11 is 12.3. The molecule has 1 aromatic carbocycles. The number of nitrogen functional groups attached to an aromatic ring is 1. The van der Waals surface area contributed by atoms with E-state index in [-0.39, 0.29) is 27.5 Å². The van der Waals surface area contributed by atoms with Crippen molar-refractivity contribution in [2.75, 3.05) is 12.8 Å². The third-order valence-electron chi connectivity index (χ3n) is 3.17. The third-order valence-corrected chi connectivity index (χ3v) is 3.80. The predicted octanol–water partition coefficient (Wildman–Crippen LogP) is 3.40. The van der Waals surface area contributed by atoms with Crippen LogP contribution >= 0.6 is 23.2 Å². The fraction of sp³-hybridized carbons (Fsp3) is 0.286. The van der Waals surface area contributed by atoms with E-state index in [9.17, 15) is 9.59 Å². The van der Waals surface area contributed by atoms with Gasteiger partial charge in [0.05, 0.1) is 22.7 Å². The molecule has 1 heterocycles. The molecule has 0 aliphatic carbocycles. The van der Waals surface area contributed by atoms with Gasteiger partial charge in [0.25, 0.3) is 5.56 Å². The number of carbonyl (C=O) groups excluding carboxylic acids is 1. The Morgan fingerprint density at radius 1 is 1.23 bits per heavy atom. The molecule has 0 bridgehead atoms. The largest absolute Gasteiger partial charge is 0.451 e. The molecule has 0 fully saturated rings. The second kappa shape index (κ2) is 6.06. The minimum atomic E-state index is -0.766. The van der Waals surface area contributed by atoms with Crippen molar-refractivity contribution in [1.29, 1.82) is 0 Å². The summed E-state index contributed by atoms with van der Waals surface area (Å²) in [6.45, 7) is 3.50. The van der Waals surface area contributed by atoms with Gasteiger partial charge in [-0.2, -0.15) is 4.68 Å². The number of benzene rings is 1. The average Bonchev–Trinajstić information content (AvgIpc) is 2.71. The zero-order chi connectivity index (χ0) is 16.6. The maximum atomic E-state index is 12.7. The number of methoxy groups -OCH3 is 1. The highest BCUT2D eigenvalue weighted by atomic mass is 35.5. The van der Waals surface area contributed by atoms with Crippen LogP contribution in [0.5, 0.6) is 0 Å². The molecule has 8 heteroatoms. The molecule has 118 valence electrons. The van der Waals surface area contributed by atoms with Crippen LogP contribution in [0.15, 0.2) is 23.0 Å². The van der Waals surface area contributed by atoms with Gasteiger partial charge in [0.2, 0.25) is 0 Å². The van der Waals surface area contributed by atoms with Crippen molar-refractivity contribution < 1.29 is 9.53 Å². The molecule has 0 aliphatic rings. The Morgan fingerprint density at radius 2 is 1.77 bits per heavy atom. The minimum Gasteiger partial charge on any atom is -0.451 e. The van der Waals surface area contributed by atoms with Gasteiger partial charge in [-0.05, 0) is 26.0 Å². The molecule has 0 spiro atoms. The van der Waals surface area contributed by atoms with Gasteiger partial charge >= 0.3 is 6.09 Å². The highest BCUT2D eigenvalue weighted by Gasteiger charge is 2.27. The number of nitrogens with zero attached hydrogens (tertiary/aromatic N) is 2. The summed E-state index contributed by atoms with van der Waals surface area (Å²) in [6, 6.07) is 4.53. The van der Waals surface area contributed by atoms with Crippen LogP contribution in [0.3, 0.4) is 0 Å². The van der Waals surface area contributed by atoms with Crippen LogP contribution in [0.4, 0.5) is 10.6 Å². The van der Waals surface area contributed by atoms with Crippen LogP contribution in [0.1, 0.15) is 19.9 Å². The van der Waals surface area contributed by atoms with E-state index in [4.69, 9.17) is 33.7 Å². The van der Waals surface area contributed by atoms with E-state index in [0.717, 1.165) is 4.68 Å². The monoisotopic (exact) mass is 343 g/mol. The lowest BCUT2D eigenvalue weighted by molar-refractivity contribution is 0.163. The molecule has 2 N–H and O–H groups in total. The Bertz CT molecular complexity index is 773. The Labute approximate surface area is 137 Å². The smallest absolute Gasteiger partial charge is 0.434 e. The van der Waals surface area contributed by atoms with E-state index in [1.807, 2.05) is 0 Å². The van der Waals surface area contributed by atoms with Crippen molar-refractivity contribution >= 4 is 35.1 Å². The van der Waals surface area contributed by atoms with Crippen LogP contribution in [0, 0.1) is 0 Å². The lowest BCUT2D eigenvalue weighted by atomic mass is 10.1. The first-order valence-corrected chi connectivity index (χ1v) is 7.22. The molecule has 1 aromatic heterocycles. The van der Waals surface area contributed by atoms with Crippen molar-refractivity contribution in [3.8, 4) is 11.1 Å². The summed E-state index contributed by atoms with van der Waals surface area (Å²) in [7, 11) is 1.21. The van der Waals surface area contributed by atoms with Crippen molar-refractivity contribution in [1.82, 2.24) is 9.36 Å². The van der Waals surface area contributed by atoms with Gasteiger partial charge in [0.1, 0.15) is 5.82 Å². The van der Waals surface area contributed by atoms with Gasteiger partial charge in [-0.3, -0.25) is 4.79 Å². The third kappa shape index (κ3) is 2.48. The highest BCUT2D eigenvalue weighted by molar-refractivity contribution is 6.39. The Hall–Kier alpha value is -1.92. The average molecular weight is 344 g/mol. The van der Waals surface area contributed by atoms with Gasteiger partial charge in [0.15, 0.2) is 0 Å².